The Bertz CT molecular complexity index is 287. The van der Waals surface area contributed by atoms with Gasteiger partial charge in [-0.3, -0.25) is 0 Å². The number of thioether (sulfide) groups is 1. The average Bonchev–Trinajstić information content (AvgIpc) is 2.61. The fraction of sp³-hybridized carbons (Fsp3) is 0.556. The van der Waals surface area contributed by atoms with E-state index in [1.807, 2.05) is 18.0 Å². The Balaban J connectivity index is 2.04. The summed E-state index contributed by atoms with van der Waals surface area (Å²) in [5.74, 6) is 0. The highest BCUT2D eigenvalue weighted by Gasteiger charge is 2.17. The monoisotopic (exact) mass is 258 g/mol. The highest BCUT2D eigenvalue weighted by atomic mass is 79.9. The molecule has 70 valence electrons. The Morgan fingerprint density at radius 3 is 2.85 bits per heavy atom. The molecule has 1 fully saturated rings. The number of hydrogen-bond acceptors (Lipinski definition) is 3. The van der Waals surface area contributed by atoms with Crippen LogP contribution in [0.4, 0.5) is 0 Å². The highest BCUT2D eigenvalue weighted by Crippen LogP contribution is 2.36. The second kappa shape index (κ2) is 4.42. The summed E-state index contributed by atoms with van der Waals surface area (Å²) < 4.78 is 1.02. The maximum Gasteiger partial charge on any atom is 0.116 e. The summed E-state index contributed by atoms with van der Waals surface area (Å²) in [6.07, 6.45) is 8.84. The van der Waals surface area contributed by atoms with Crippen LogP contribution in [0.2, 0.25) is 0 Å². The van der Waals surface area contributed by atoms with Gasteiger partial charge in [-0.1, -0.05) is 12.8 Å². The molecule has 1 aromatic rings. The van der Waals surface area contributed by atoms with Crippen LogP contribution in [0.15, 0.2) is 22.0 Å². The average molecular weight is 259 g/mol. The zero-order valence-electron chi connectivity index (χ0n) is 7.24. The van der Waals surface area contributed by atoms with Gasteiger partial charge in [-0.25, -0.2) is 9.97 Å². The molecule has 1 aromatic heterocycles. The molecule has 0 radical (unpaired) electrons. The minimum atomic E-state index is 0.770. The molecule has 13 heavy (non-hydrogen) atoms. The molecule has 1 saturated carbocycles. The summed E-state index contributed by atoms with van der Waals surface area (Å²) in [5, 5.41) is 1.85. The standard InChI is InChI=1S/C9H11BrN2S/c10-8-5-11-6-12-9(8)13-7-3-1-2-4-7/h5-7H,1-4H2. The molecule has 1 aliphatic carbocycles. The molecule has 0 bridgehead atoms. The van der Waals surface area contributed by atoms with Crippen LogP contribution < -0.4 is 0 Å². The topological polar surface area (TPSA) is 25.8 Å². The maximum atomic E-state index is 4.25. The number of halogens is 1. The van der Waals surface area contributed by atoms with Gasteiger partial charge in [0.15, 0.2) is 0 Å². The van der Waals surface area contributed by atoms with Gasteiger partial charge >= 0.3 is 0 Å². The Hall–Kier alpha value is -0.0900. The molecule has 4 heteroatoms. The van der Waals surface area contributed by atoms with E-state index >= 15 is 0 Å². The van der Waals surface area contributed by atoms with Crippen LogP contribution >= 0.6 is 27.7 Å². The molecule has 0 atom stereocenters. The SMILES string of the molecule is Brc1cncnc1SC1CCCC1. The molecular formula is C9H11BrN2S. The van der Waals surface area contributed by atoms with Crippen molar-refractivity contribution in [3.05, 3.63) is 17.0 Å². The predicted octanol–water partition coefficient (Wildman–Crippen LogP) is 3.27. The lowest BCUT2D eigenvalue weighted by molar-refractivity contribution is 0.886. The van der Waals surface area contributed by atoms with E-state index in [1.54, 1.807) is 6.33 Å². The van der Waals surface area contributed by atoms with Crippen LogP contribution in [0.3, 0.4) is 0 Å². The summed E-state index contributed by atoms with van der Waals surface area (Å²) >= 11 is 5.34. The first-order chi connectivity index (χ1) is 6.36. The van der Waals surface area contributed by atoms with Gasteiger partial charge in [-0.15, -0.1) is 11.8 Å². The zero-order valence-corrected chi connectivity index (χ0v) is 9.64. The van der Waals surface area contributed by atoms with Gasteiger partial charge in [0.25, 0.3) is 0 Å². The third-order valence-electron chi connectivity index (χ3n) is 2.21. The zero-order chi connectivity index (χ0) is 9.10. The van der Waals surface area contributed by atoms with Crippen molar-refractivity contribution in [2.75, 3.05) is 0 Å². The quantitative estimate of drug-likeness (QED) is 0.762. The molecule has 0 unspecified atom stereocenters. The lowest BCUT2D eigenvalue weighted by atomic mass is 10.4. The van der Waals surface area contributed by atoms with Crippen molar-refractivity contribution in [1.29, 1.82) is 0 Å². The predicted molar refractivity (Wildman–Crippen MR) is 57.8 cm³/mol. The number of hydrogen-bond donors (Lipinski definition) is 0. The summed E-state index contributed by atoms with van der Waals surface area (Å²) in [5.41, 5.74) is 0. The molecule has 2 nitrogen and oxygen atoms in total. The van der Waals surface area contributed by atoms with Crippen molar-refractivity contribution in [2.45, 2.75) is 36.0 Å². The molecule has 2 rings (SSSR count). The minimum Gasteiger partial charge on any atom is -0.244 e. The molecule has 0 saturated heterocycles. The van der Waals surface area contributed by atoms with Crippen molar-refractivity contribution in [3.8, 4) is 0 Å². The lowest BCUT2D eigenvalue weighted by Gasteiger charge is -2.07. The summed E-state index contributed by atoms with van der Waals surface area (Å²) in [4.78, 5) is 8.19. The van der Waals surface area contributed by atoms with Gasteiger partial charge in [0, 0.05) is 11.4 Å². The van der Waals surface area contributed by atoms with Crippen molar-refractivity contribution in [1.82, 2.24) is 9.97 Å². The van der Waals surface area contributed by atoms with Crippen molar-refractivity contribution >= 4 is 27.7 Å². The van der Waals surface area contributed by atoms with Crippen LogP contribution in [0.25, 0.3) is 0 Å². The number of rotatable bonds is 2. The van der Waals surface area contributed by atoms with Crippen molar-refractivity contribution in [3.63, 3.8) is 0 Å². The molecule has 0 aliphatic heterocycles. The van der Waals surface area contributed by atoms with E-state index in [4.69, 9.17) is 0 Å². The molecule has 0 aromatic carbocycles. The van der Waals surface area contributed by atoms with Crippen molar-refractivity contribution < 1.29 is 0 Å². The Morgan fingerprint density at radius 1 is 1.38 bits per heavy atom. The van der Waals surface area contributed by atoms with E-state index in [2.05, 4.69) is 25.9 Å². The number of aromatic nitrogens is 2. The molecule has 0 N–H and O–H groups in total. The Labute approximate surface area is 90.7 Å². The normalized spacial score (nSPS) is 17.9. The lowest BCUT2D eigenvalue weighted by Crippen LogP contribution is -1.95. The van der Waals surface area contributed by atoms with E-state index in [-0.39, 0.29) is 0 Å². The smallest absolute Gasteiger partial charge is 0.116 e. The van der Waals surface area contributed by atoms with E-state index in [0.29, 0.717) is 0 Å². The van der Waals surface area contributed by atoms with Crippen LogP contribution in [0.5, 0.6) is 0 Å². The fourth-order valence-electron chi connectivity index (χ4n) is 1.55. The van der Waals surface area contributed by atoms with E-state index < -0.39 is 0 Å². The van der Waals surface area contributed by atoms with E-state index in [0.717, 1.165) is 14.7 Å². The van der Waals surface area contributed by atoms with Gasteiger partial charge in [0.1, 0.15) is 11.4 Å². The van der Waals surface area contributed by atoms with Crippen LogP contribution in [-0.4, -0.2) is 15.2 Å². The number of nitrogens with zero attached hydrogens (tertiary/aromatic N) is 2. The third-order valence-corrected chi connectivity index (χ3v) is 4.41. The minimum absolute atomic E-state index is 0.770. The highest BCUT2D eigenvalue weighted by molar-refractivity contribution is 9.10. The molecule has 0 amide bonds. The molecule has 1 heterocycles. The largest absolute Gasteiger partial charge is 0.244 e. The second-order valence-electron chi connectivity index (χ2n) is 3.20. The third kappa shape index (κ3) is 2.44. The summed E-state index contributed by atoms with van der Waals surface area (Å²) in [6, 6.07) is 0. The first-order valence-corrected chi connectivity index (χ1v) is 6.15. The van der Waals surface area contributed by atoms with Gasteiger partial charge < -0.3 is 0 Å². The molecule has 0 spiro atoms. The van der Waals surface area contributed by atoms with Gasteiger partial charge in [-0.2, -0.15) is 0 Å². The first-order valence-electron chi connectivity index (χ1n) is 4.48. The van der Waals surface area contributed by atoms with Crippen LogP contribution in [0, 0.1) is 0 Å². The fourth-order valence-corrected chi connectivity index (χ4v) is 3.21. The summed E-state index contributed by atoms with van der Waals surface area (Å²) in [7, 11) is 0. The Kier molecular flexibility index (Phi) is 3.22. The molecular weight excluding hydrogens is 248 g/mol. The first kappa shape index (κ1) is 9.46. The second-order valence-corrected chi connectivity index (χ2v) is 5.34. The van der Waals surface area contributed by atoms with Crippen LogP contribution in [-0.2, 0) is 0 Å². The maximum absolute atomic E-state index is 4.25. The van der Waals surface area contributed by atoms with Gasteiger partial charge in [0.05, 0.1) is 4.47 Å². The van der Waals surface area contributed by atoms with Gasteiger partial charge in [0.2, 0.25) is 0 Å². The van der Waals surface area contributed by atoms with Crippen molar-refractivity contribution in [2.24, 2.45) is 0 Å². The Morgan fingerprint density at radius 2 is 2.15 bits per heavy atom. The van der Waals surface area contributed by atoms with Crippen LogP contribution in [0.1, 0.15) is 25.7 Å². The molecule has 1 aliphatic rings. The summed E-state index contributed by atoms with van der Waals surface area (Å²) in [6.45, 7) is 0. The van der Waals surface area contributed by atoms with E-state index in [9.17, 15) is 0 Å². The van der Waals surface area contributed by atoms with E-state index in [1.165, 1.54) is 25.7 Å². The van der Waals surface area contributed by atoms with Gasteiger partial charge in [-0.05, 0) is 28.8 Å².